The molecule has 1 amide bonds. The van der Waals surface area contributed by atoms with Crippen molar-refractivity contribution in [1.82, 2.24) is 14.8 Å². The summed E-state index contributed by atoms with van der Waals surface area (Å²) in [6.45, 7) is 0.906. The molecule has 1 atom stereocenters. The van der Waals surface area contributed by atoms with E-state index >= 15 is 0 Å². The number of aliphatic hydroxyl groups is 1. The number of hydrogen-bond donors (Lipinski definition) is 1. The third-order valence-corrected chi connectivity index (χ3v) is 5.50. The zero-order chi connectivity index (χ0) is 21.4. The van der Waals surface area contributed by atoms with Crippen molar-refractivity contribution in [1.29, 1.82) is 0 Å². The number of hydrogen-bond acceptors (Lipinski definition) is 6. The van der Waals surface area contributed by atoms with Crippen molar-refractivity contribution in [2.24, 2.45) is 0 Å². The first-order chi connectivity index (χ1) is 14.4. The highest BCUT2D eigenvalue weighted by Gasteiger charge is 2.45. The smallest absolute Gasteiger partial charge is 0.290 e. The summed E-state index contributed by atoms with van der Waals surface area (Å²) in [7, 11) is 3.78. The van der Waals surface area contributed by atoms with E-state index in [2.05, 4.69) is 20.9 Å². The third kappa shape index (κ3) is 3.64. The molecule has 1 aromatic carbocycles. The van der Waals surface area contributed by atoms with Gasteiger partial charge in [-0.25, -0.2) is 0 Å². The van der Waals surface area contributed by atoms with Crippen molar-refractivity contribution in [3.63, 3.8) is 0 Å². The second-order valence-electron chi connectivity index (χ2n) is 7.34. The van der Waals surface area contributed by atoms with Crippen molar-refractivity contribution in [3.8, 4) is 0 Å². The number of fused-ring (bicyclic) bond motifs is 1. The van der Waals surface area contributed by atoms with Gasteiger partial charge in [-0.1, -0.05) is 22.0 Å². The highest BCUT2D eigenvalue weighted by atomic mass is 79.9. The van der Waals surface area contributed by atoms with Gasteiger partial charge in [0.25, 0.3) is 5.91 Å². The Morgan fingerprint density at radius 1 is 1.27 bits per heavy atom. The highest BCUT2D eigenvalue weighted by molar-refractivity contribution is 9.10. The predicted octanol–water partition coefficient (Wildman–Crippen LogP) is 3.73. The third-order valence-electron chi connectivity index (χ3n) is 5.01. The van der Waals surface area contributed by atoms with E-state index in [-0.39, 0.29) is 11.3 Å². The van der Waals surface area contributed by atoms with Gasteiger partial charge in [0.1, 0.15) is 11.6 Å². The summed E-state index contributed by atoms with van der Waals surface area (Å²) in [5.41, 5.74) is 1.04. The SMILES string of the molecule is CN(C)CCN1C(=O)C(O)=C(C(=O)c2cc3cc(Br)ccc3o2)C1c1ccccn1. The quantitative estimate of drug-likeness (QED) is 0.553. The van der Waals surface area contributed by atoms with E-state index in [9.17, 15) is 14.7 Å². The zero-order valence-electron chi connectivity index (χ0n) is 16.5. The molecule has 0 fully saturated rings. The van der Waals surface area contributed by atoms with E-state index in [1.165, 1.54) is 4.90 Å². The molecule has 7 nitrogen and oxygen atoms in total. The molecule has 154 valence electrons. The fraction of sp³-hybridized carbons (Fsp3) is 0.227. The van der Waals surface area contributed by atoms with Gasteiger partial charge in [-0.05, 0) is 50.5 Å². The number of pyridine rings is 1. The first kappa shape index (κ1) is 20.3. The number of nitrogens with zero attached hydrogens (tertiary/aromatic N) is 3. The Balaban J connectivity index is 1.78. The predicted molar refractivity (Wildman–Crippen MR) is 115 cm³/mol. The van der Waals surface area contributed by atoms with Gasteiger partial charge in [-0.15, -0.1) is 0 Å². The van der Waals surface area contributed by atoms with Crippen LogP contribution >= 0.6 is 15.9 Å². The van der Waals surface area contributed by atoms with Crippen LogP contribution in [0.3, 0.4) is 0 Å². The lowest BCUT2D eigenvalue weighted by Crippen LogP contribution is -2.36. The van der Waals surface area contributed by atoms with Gasteiger partial charge in [-0.3, -0.25) is 14.6 Å². The van der Waals surface area contributed by atoms with Crippen LogP contribution in [0.4, 0.5) is 0 Å². The molecule has 1 N–H and O–H groups in total. The Labute approximate surface area is 181 Å². The maximum absolute atomic E-state index is 13.4. The maximum atomic E-state index is 13.4. The van der Waals surface area contributed by atoms with Gasteiger partial charge in [0.2, 0.25) is 5.78 Å². The largest absolute Gasteiger partial charge is 0.503 e. The summed E-state index contributed by atoms with van der Waals surface area (Å²) in [6.07, 6.45) is 1.60. The van der Waals surface area contributed by atoms with Crippen LogP contribution in [0.5, 0.6) is 0 Å². The Hall–Kier alpha value is -2.97. The molecule has 0 bridgehead atoms. The highest BCUT2D eigenvalue weighted by Crippen LogP contribution is 2.38. The molecule has 0 saturated heterocycles. The molecule has 3 heterocycles. The molecular formula is C22H20BrN3O4. The molecule has 0 radical (unpaired) electrons. The summed E-state index contributed by atoms with van der Waals surface area (Å²) < 4.78 is 6.58. The van der Waals surface area contributed by atoms with E-state index in [4.69, 9.17) is 4.42 Å². The number of benzene rings is 1. The van der Waals surface area contributed by atoms with Gasteiger partial charge >= 0.3 is 0 Å². The van der Waals surface area contributed by atoms with Gasteiger partial charge < -0.3 is 19.3 Å². The average molecular weight is 470 g/mol. The Bertz CT molecular complexity index is 1150. The summed E-state index contributed by atoms with van der Waals surface area (Å²) >= 11 is 3.40. The second kappa shape index (κ2) is 8.04. The van der Waals surface area contributed by atoms with E-state index in [1.54, 1.807) is 36.5 Å². The van der Waals surface area contributed by atoms with Gasteiger partial charge in [0.15, 0.2) is 11.5 Å². The molecule has 2 aromatic heterocycles. The minimum absolute atomic E-state index is 0.0180. The van der Waals surface area contributed by atoms with Crippen LogP contribution in [0.15, 0.2) is 68.9 Å². The molecule has 30 heavy (non-hydrogen) atoms. The van der Waals surface area contributed by atoms with Crippen LogP contribution in [-0.4, -0.2) is 58.8 Å². The average Bonchev–Trinajstić information content (AvgIpc) is 3.25. The number of carbonyl (C=O) groups is 2. The number of Topliss-reactive ketones (excluding diaryl/α,β-unsaturated/α-hetero) is 1. The fourth-order valence-electron chi connectivity index (χ4n) is 3.53. The van der Waals surface area contributed by atoms with Crippen LogP contribution in [0.1, 0.15) is 22.3 Å². The molecule has 0 saturated carbocycles. The van der Waals surface area contributed by atoms with Gasteiger partial charge in [-0.2, -0.15) is 0 Å². The van der Waals surface area contributed by atoms with E-state index in [0.717, 1.165) is 9.86 Å². The fourth-order valence-corrected chi connectivity index (χ4v) is 3.91. The molecular weight excluding hydrogens is 450 g/mol. The van der Waals surface area contributed by atoms with Crippen LogP contribution in [0, 0.1) is 0 Å². The van der Waals surface area contributed by atoms with Crippen LogP contribution in [-0.2, 0) is 4.79 Å². The van der Waals surface area contributed by atoms with E-state index < -0.39 is 23.5 Å². The lowest BCUT2D eigenvalue weighted by Gasteiger charge is -2.27. The number of rotatable bonds is 6. The molecule has 1 aliphatic heterocycles. The second-order valence-corrected chi connectivity index (χ2v) is 8.26. The topological polar surface area (TPSA) is 86.9 Å². The van der Waals surface area contributed by atoms with Crippen molar-refractivity contribution < 1.29 is 19.1 Å². The molecule has 8 heteroatoms. The van der Waals surface area contributed by atoms with Crippen LogP contribution < -0.4 is 0 Å². The first-order valence-electron chi connectivity index (χ1n) is 9.40. The number of carbonyl (C=O) groups excluding carboxylic acids is 2. The monoisotopic (exact) mass is 469 g/mol. The molecule has 0 aliphatic carbocycles. The van der Waals surface area contributed by atoms with Gasteiger partial charge in [0.05, 0.1) is 11.3 Å². The van der Waals surface area contributed by atoms with Crippen molar-refractivity contribution in [3.05, 3.63) is 75.9 Å². The molecule has 0 spiro atoms. The number of likely N-dealkylation sites (N-methyl/N-ethyl adjacent to an activating group) is 1. The normalized spacial score (nSPS) is 16.9. The Kier molecular flexibility index (Phi) is 5.44. The first-order valence-corrected chi connectivity index (χ1v) is 10.2. The summed E-state index contributed by atoms with van der Waals surface area (Å²) in [4.78, 5) is 34.0. The standard InChI is InChI=1S/C22H20BrN3O4/c1-25(2)9-10-26-19(15-5-3-4-8-24-15)18(21(28)22(26)29)20(27)17-12-13-11-14(23)6-7-16(13)30-17/h3-8,11-12,19,28H,9-10H2,1-2H3. The Morgan fingerprint density at radius 3 is 2.77 bits per heavy atom. The Morgan fingerprint density at radius 2 is 2.07 bits per heavy atom. The lowest BCUT2D eigenvalue weighted by molar-refractivity contribution is -0.129. The maximum Gasteiger partial charge on any atom is 0.290 e. The van der Waals surface area contributed by atoms with Crippen molar-refractivity contribution >= 4 is 38.6 Å². The van der Waals surface area contributed by atoms with Crippen LogP contribution in [0.25, 0.3) is 11.0 Å². The van der Waals surface area contributed by atoms with E-state index in [0.29, 0.717) is 24.4 Å². The molecule has 4 rings (SSSR count). The summed E-state index contributed by atoms with van der Waals surface area (Å²) in [5.74, 6) is -1.62. The van der Waals surface area contributed by atoms with E-state index in [1.807, 2.05) is 31.1 Å². The molecule has 1 unspecified atom stereocenters. The molecule has 1 aliphatic rings. The number of aliphatic hydroxyl groups excluding tert-OH is 1. The number of aromatic nitrogens is 1. The van der Waals surface area contributed by atoms with Crippen molar-refractivity contribution in [2.75, 3.05) is 27.2 Å². The minimum atomic E-state index is -0.786. The zero-order valence-corrected chi connectivity index (χ0v) is 18.1. The number of amides is 1. The van der Waals surface area contributed by atoms with Crippen molar-refractivity contribution in [2.45, 2.75) is 6.04 Å². The number of ketones is 1. The van der Waals surface area contributed by atoms with Crippen LogP contribution in [0.2, 0.25) is 0 Å². The summed E-state index contributed by atoms with van der Waals surface area (Å²) in [6, 6.07) is 11.5. The summed E-state index contributed by atoms with van der Waals surface area (Å²) in [5, 5.41) is 11.4. The minimum Gasteiger partial charge on any atom is -0.503 e. The molecule has 3 aromatic rings. The number of halogens is 1. The number of furan rings is 1. The lowest BCUT2D eigenvalue weighted by atomic mass is 9.98. The van der Waals surface area contributed by atoms with Gasteiger partial charge in [0, 0.05) is 29.1 Å².